The summed E-state index contributed by atoms with van der Waals surface area (Å²) in [5.41, 5.74) is 1.24. The summed E-state index contributed by atoms with van der Waals surface area (Å²) in [6.45, 7) is 6.81. The highest BCUT2D eigenvalue weighted by molar-refractivity contribution is 5.59. The van der Waals surface area contributed by atoms with E-state index in [1.165, 1.54) is 82.7 Å². The maximum Gasteiger partial charge on any atom is 0.150 e. The van der Waals surface area contributed by atoms with E-state index in [1.54, 1.807) is 0 Å². The minimum atomic E-state index is 0.907. The van der Waals surface area contributed by atoms with Crippen molar-refractivity contribution in [2.45, 2.75) is 90.9 Å². The Morgan fingerprint density at radius 3 is 1.67 bits per heavy atom. The molecule has 0 aliphatic carbocycles. The lowest BCUT2D eigenvalue weighted by atomic mass is 10.1. The van der Waals surface area contributed by atoms with Crippen LogP contribution in [0, 0.1) is 0 Å². The number of hydrogen-bond donors (Lipinski definition) is 0. The van der Waals surface area contributed by atoms with Gasteiger partial charge in [-0.15, -0.1) is 0 Å². The van der Waals surface area contributed by atoms with E-state index in [-0.39, 0.29) is 0 Å². The van der Waals surface area contributed by atoms with E-state index in [2.05, 4.69) is 43.0 Å². The Morgan fingerprint density at radius 1 is 0.567 bits per heavy atom. The fourth-order valence-corrected chi connectivity index (χ4v) is 3.94. The van der Waals surface area contributed by atoms with Gasteiger partial charge in [0.25, 0.3) is 0 Å². The number of hydrogen-bond acceptors (Lipinski definition) is 2. The molecule has 2 aromatic rings. The summed E-state index contributed by atoms with van der Waals surface area (Å²) >= 11 is 0. The Labute approximate surface area is 185 Å². The maximum absolute atomic E-state index is 6.27. The lowest BCUT2D eigenvalue weighted by molar-refractivity contribution is 0.479. The molecule has 0 aromatic heterocycles. The number of anilines is 1. The van der Waals surface area contributed by atoms with Crippen molar-refractivity contribution in [2.75, 3.05) is 18.0 Å². The van der Waals surface area contributed by atoms with Crippen molar-refractivity contribution in [3.8, 4) is 11.5 Å². The van der Waals surface area contributed by atoms with Gasteiger partial charge in [0.05, 0.1) is 5.69 Å². The first-order chi connectivity index (χ1) is 14.8. The second-order valence-electron chi connectivity index (χ2n) is 8.41. The zero-order chi connectivity index (χ0) is 21.3. The molecule has 0 aliphatic heterocycles. The minimum Gasteiger partial charge on any atom is -0.455 e. The van der Waals surface area contributed by atoms with Gasteiger partial charge in [0.2, 0.25) is 0 Å². The highest BCUT2D eigenvalue weighted by Crippen LogP contribution is 2.32. The summed E-state index contributed by atoms with van der Waals surface area (Å²) in [4.78, 5) is 2.57. The van der Waals surface area contributed by atoms with E-state index in [0.717, 1.165) is 24.6 Å². The van der Waals surface area contributed by atoms with Crippen molar-refractivity contribution in [3.05, 3.63) is 54.6 Å². The van der Waals surface area contributed by atoms with Gasteiger partial charge in [-0.25, -0.2) is 0 Å². The monoisotopic (exact) mass is 409 g/mol. The topological polar surface area (TPSA) is 12.5 Å². The Bertz CT molecular complexity index is 639. The van der Waals surface area contributed by atoms with Gasteiger partial charge < -0.3 is 9.64 Å². The molecule has 0 saturated heterocycles. The Morgan fingerprint density at radius 2 is 1.07 bits per heavy atom. The molecule has 166 valence electrons. The highest BCUT2D eigenvalue weighted by atomic mass is 16.5. The van der Waals surface area contributed by atoms with E-state index in [0.29, 0.717) is 0 Å². The molecule has 0 fully saturated rings. The van der Waals surface area contributed by atoms with Gasteiger partial charge in [0.1, 0.15) is 5.75 Å². The first-order valence-electron chi connectivity index (χ1n) is 12.4. The third kappa shape index (κ3) is 9.69. The Balaban J connectivity index is 1.97. The number of nitrogens with zero attached hydrogens (tertiary/aromatic N) is 1. The van der Waals surface area contributed by atoms with Crippen LogP contribution in [-0.4, -0.2) is 13.1 Å². The normalized spacial score (nSPS) is 10.9. The number of rotatable bonds is 17. The van der Waals surface area contributed by atoms with Crippen molar-refractivity contribution < 1.29 is 4.74 Å². The second-order valence-corrected chi connectivity index (χ2v) is 8.41. The fourth-order valence-electron chi connectivity index (χ4n) is 3.94. The molecule has 0 amide bonds. The van der Waals surface area contributed by atoms with Crippen LogP contribution in [0.15, 0.2) is 54.6 Å². The van der Waals surface area contributed by atoms with Crippen molar-refractivity contribution in [2.24, 2.45) is 0 Å². The van der Waals surface area contributed by atoms with E-state index in [1.807, 2.05) is 30.3 Å². The molecule has 0 heterocycles. The van der Waals surface area contributed by atoms with Crippen molar-refractivity contribution in [1.29, 1.82) is 0 Å². The third-order valence-corrected chi connectivity index (χ3v) is 5.74. The van der Waals surface area contributed by atoms with Gasteiger partial charge in [-0.3, -0.25) is 0 Å². The molecule has 0 spiro atoms. The second kappa shape index (κ2) is 15.8. The summed E-state index contributed by atoms with van der Waals surface area (Å²) < 4.78 is 6.27. The molecule has 0 radical (unpaired) electrons. The van der Waals surface area contributed by atoms with Gasteiger partial charge >= 0.3 is 0 Å². The van der Waals surface area contributed by atoms with E-state index < -0.39 is 0 Å². The van der Waals surface area contributed by atoms with Crippen LogP contribution in [0.2, 0.25) is 0 Å². The van der Waals surface area contributed by atoms with Gasteiger partial charge in [-0.05, 0) is 37.1 Å². The molecule has 0 saturated carbocycles. The average Bonchev–Trinajstić information content (AvgIpc) is 2.78. The first-order valence-corrected chi connectivity index (χ1v) is 12.4. The summed E-state index contributed by atoms with van der Waals surface area (Å²) in [7, 11) is 0. The summed E-state index contributed by atoms with van der Waals surface area (Å²) in [6.07, 6.45) is 16.0. The third-order valence-electron chi connectivity index (χ3n) is 5.74. The van der Waals surface area contributed by atoms with Crippen molar-refractivity contribution in [3.63, 3.8) is 0 Å². The Kier molecular flexibility index (Phi) is 12.8. The molecule has 30 heavy (non-hydrogen) atoms. The van der Waals surface area contributed by atoms with Gasteiger partial charge in [0, 0.05) is 13.1 Å². The predicted octanol–water partition coefficient (Wildman–Crippen LogP) is 9.01. The Hall–Kier alpha value is -1.96. The molecular formula is C28H43NO. The number of para-hydroxylation sites is 3. The van der Waals surface area contributed by atoms with E-state index >= 15 is 0 Å². The van der Waals surface area contributed by atoms with Crippen molar-refractivity contribution in [1.82, 2.24) is 0 Å². The molecule has 2 rings (SSSR count). The molecular weight excluding hydrogens is 366 g/mol. The van der Waals surface area contributed by atoms with Crippen LogP contribution in [0.1, 0.15) is 90.9 Å². The highest BCUT2D eigenvalue weighted by Gasteiger charge is 2.12. The minimum absolute atomic E-state index is 0.907. The van der Waals surface area contributed by atoms with Gasteiger partial charge in [-0.2, -0.15) is 0 Å². The molecule has 0 N–H and O–H groups in total. The van der Waals surface area contributed by atoms with Crippen LogP contribution < -0.4 is 9.64 Å². The molecule has 0 unspecified atom stereocenters. The molecule has 2 nitrogen and oxygen atoms in total. The van der Waals surface area contributed by atoms with Crippen LogP contribution >= 0.6 is 0 Å². The molecule has 2 aromatic carbocycles. The van der Waals surface area contributed by atoms with Gasteiger partial charge in [0.15, 0.2) is 5.75 Å². The standard InChI is InChI=1S/C28H43NO/c1-3-5-7-9-11-18-24-29(25-19-12-10-8-6-4-2)27-22-16-17-23-28(27)30-26-20-14-13-15-21-26/h13-17,20-23H,3-12,18-19,24-25H2,1-2H3. The van der Waals surface area contributed by atoms with Gasteiger partial charge in [-0.1, -0.05) is 108 Å². The smallest absolute Gasteiger partial charge is 0.150 e. The summed E-state index contributed by atoms with van der Waals surface area (Å²) in [5, 5.41) is 0. The van der Waals surface area contributed by atoms with Crippen LogP contribution in [0.25, 0.3) is 0 Å². The largest absolute Gasteiger partial charge is 0.455 e. The molecule has 0 bridgehead atoms. The van der Waals surface area contributed by atoms with Crippen LogP contribution in [-0.2, 0) is 0 Å². The number of ether oxygens (including phenoxy) is 1. The quantitative estimate of drug-likeness (QED) is 0.242. The maximum atomic E-state index is 6.27. The zero-order valence-corrected chi connectivity index (χ0v) is 19.5. The number of unbranched alkanes of at least 4 members (excludes halogenated alkanes) is 10. The first kappa shape index (κ1) is 24.3. The zero-order valence-electron chi connectivity index (χ0n) is 19.5. The number of benzene rings is 2. The average molecular weight is 410 g/mol. The molecule has 2 heteroatoms. The molecule has 0 atom stereocenters. The van der Waals surface area contributed by atoms with Crippen LogP contribution in [0.3, 0.4) is 0 Å². The lowest BCUT2D eigenvalue weighted by Gasteiger charge is -2.27. The van der Waals surface area contributed by atoms with Crippen LogP contribution in [0.4, 0.5) is 5.69 Å². The summed E-state index contributed by atoms with van der Waals surface area (Å²) in [6, 6.07) is 18.7. The van der Waals surface area contributed by atoms with Crippen LogP contribution in [0.5, 0.6) is 11.5 Å². The lowest BCUT2D eigenvalue weighted by Crippen LogP contribution is -2.26. The van der Waals surface area contributed by atoms with Crippen molar-refractivity contribution >= 4 is 5.69 Å². The van der Waals surface area contributed by atoms with E-state index in [9.17, 15) is 0 Å². The summed E-state index contributed by atoms with van der Waals surface area (Å²) in [5.74, 6) is 1.88. The molecule has 0 aliphatic rings. The fraction of sp³-hybridized carbons (Fsp3) is 0.571. The predicted molar refractivity (Wildman–Crippen MR) is 132 cm³/mol. The SMILES string of the molecule is CCCCCCCCN(CCCCCCCC)c1ccccc1Oc1ccccc1. The van der Waals surface area contributed by atoms with E-state index in [4.69, 9.17) is 4.74 Å².